The summed E-state index contributed by atoms with van der Waals surface area (Å²) in [5, 5.41) is 8.77. The number of halogens is 1. The maximum Gasteiger partial charge on any atom is 0.335 e. The number of rotatable bonds is 5. The smallest absolute Gasteiger partial charge is 0.335 e. The van der Waals surface area contributed by atoms with Crippen LogP contribution < -0.4 is 0 Å². The van der Waals surface area contributed by atoms with Gasteiger partial charge in [0.05, 0.1) is 17.2 Å². The second-order valence-corrected chi connectivity index (χ2v) is 5.43. The number of hydrogen-bond donors (Lipinski definition) is 1. The van der Waals surface area contributed by atoms with Gasteiger partial charge >= 0.3 is 5.97 Å². The quantitative estimate of drug-likeness (QED) is 0.850. The zero-order valence-corrected chi connectivity index (χ0v) is 12.8. The average molecular weight is 324 g/mol. The van der Waals surface area contributed by atoms with Crippen molar-refractivity contribution in [3.8, 4) is 0 Å². The highest BCUT2D eigenvalue weighted by Crippen LogP contribution is 2.19. The average Bonchev–Trinajstić information content (AvgIpc) is 2.44. The van der Waals surface area contributed by atoms with E-state index < -0.39 is 17.7 Å². The number of carboxylic acid groups (broad SMARTS) is 1. The van der Waals surface area contributed by atoms with Crippen LogP contribution in [-0.2, 0) is 9.53 Å². The van der Waals surface area contributed by atoms with Gasteiger partial charge in [-0.3, -0.25) is 9.59 Å². The SMILES string of the molecule is CN(C)C(=O)COC1CN(C(=O)c2ccc(C(=O)O)cc2F)C1. The fraction of sp³-hybridized carbons (Fsp3) is 0.400. The molecule has 1 N–H and O–H groups in total. The van der Waals surface area contributed by atoms with Crippen molar-refractivity contribution >= 4 is 17.8 Å². The molecule has 1 heterocycles. The third-order valence-electron chi connectivity index (χ3n) is 3.52. The first-order valence-corrected chi connectivity index (χ1v) is 6.93. The van der Waals surface area contributed by atoms with Gasteiger partial charge in [-0.15, -0.1) is 0 Å². The second kappa shape index (κ2) is 6.74. The van der Waals surface area contributed by atoms with Crippen molar-refractivity contribution in [3.63, 3.8) is 0 Å². The minimum Gasteiger partial charge on any atom is -0.478 e. The summed E-state index contributed by atoms with van der Waals surface area (Å²) in [6, 6.07) is 3.16. The molecule has 7 nitrogen and oxygen atoms in total. The zero-order valence-electron chi connectivity index (χ0n) is 12.8. The molecule has 1 aliphatic rings. The number of carboxylic acids is 1. The third-order valence-corrected chi connectivity index (χ3v) is 3.52. The van der Waals surface area contributed by atoms with Gasteiger partial charge in [-0.1, -0.05) is 0 Å². The van der Waals surface area contributed by atoms with E-state index in [1.54, 1.807) is 14.1 Å². The number of aromatic carboxylic acids is 1. The Morgan fingerprint density at radius 2 is 2.00 bits per heavy atom. The van der Waals surface area contributed by atoms with Crippen molar-refractivity contribution < 1.29 is 28.6 Å². The maximum atomic E-state index is 13.8. The molecular weight excluding hydrogens is 307 g/mol. The predicted octanol–water partition coefficient (Wildman–Crippen LogP) is 0.453. The summed E-state index contributed by atoms with van der Waals surface area (Å²) in [6.07, 6.45) is -0.260. The molecule has 1 aliphatic heterocycles. The first kappa shape index (κ1) is 16.9. The molecule has 2 amide bonds. The third kappa shape index (κ3) is 3.84. The van der Waals surface area contributed by atoms with Crippen LogP contribution in [0.25, 0.3) is 0 Å². The molecule has 8 heteroatoms. The van der Waals surface area contributed by atoms with Crippen LogP contribution in [0.4, 0.5) is 4.39 Å². The van der Waals surface area contributed by atoms with Gasteiger partial charge in [-0.2, -0.15) is 0 Å². The highest BCUT2D eigenvalue weighted by atomic mass is 19.1. The summed E-state index contributed by atoms with van der Waals surface area (Å²) in [4.78, 5) is 37.0. The first-order valence-electron chi connectivity index (χ1n) is 6.93. The molecule has 0 radical (unpaired) electrons. The van der Waals surface area contributed by atoms with E-state index in [9.17, 15) is 18.8 Å². The van der Waals surface area contributed by atoms with Crippen LogP contribution >= 0.6 is 0 Å². The van der Waals surface area contributed by atoms with Crippen molar-refractivity contribution in [1.29, 1.82) is 0 Å². The van der Waals surface area contributed by atoms with Crippen molar-refractivity contribution in [2.45, 2.75) is 6.10 Å². The van der Waals surface area contributed by atoms with Crippen LogP contribution in [0, 0.1) is 5.82 Å². The monoisotopic (exact) mass is 324 g/mol. The van der Waals surface area contributed by atoms with E-state index in [-0.39, 0.29) is 42.8 Å². The summed E-state index contributed by atoms with van der Waals surface area (Å²) in [5.41, 5.74) is -0.399. The van der Waals surface area contributed by atoms with E-state index in [2.05, 4.69) is 0 Å². The van der Waals surface area contributed by atoms with Crippen LogP contribution in [0.2, 0.25) is 0 Å². The van der Waals surface area contributed by atoms with E-state index in [0.29, 0.717) is 0 Å². The Balaban J connectivity index is 1.89. The number of likely N-dealkylation sites (N-methyl/N-ethyl adjacent to an activating group) is 1. The number of likely N-dealkylation sites (tertiary alicyclic amines) is 1. The Morgan fingerprint density at radius 3 is 2.52 bits per heavy atom. The topological polar surface area (TPSA) is 87.2 Å². The van der Waals surface area contributed by atoms with Gasteiger partial charge in [0, 0.05) is 27.2 Å². The van der Waals surface area contributed by atoms with Gasteiger partial charge in [0.2, 0.25) is 5.91 Å². The molecule has 2 rings (SSSR count). The van der Waals surface area contributed by atoms with Crippen LogP contribution in [0.5, 0.6) is 0 Å². The molecule has 0 aliphatic carbocycles. The fourth-order valence-corrected chi connectivity index (χ4v) is 2.02. The molecule has 0 atom stereocenters. The molecule has 0 aromatic heterocycles. The van der Waals surface area contributed by atoms with Crippen LogP contribution in [0.3, 0.4) is 0 Å². The number of carbonyl (C=O) groups excluding carboxylic acids is 2. The van der Waals surface area contributed by atoms with E-state index in [1.165, 1.54) is 15.9 Å². The number of ether oxygens (including phenoxy) is 1. The van der Waals surface area contributed by atoms with Gasteiger partial charge in [-0.05, 0) is 18.2 Å². The number of carbonyl (C=O) groups is 3. The molecule has 1 aromatic rings. The molecule has 1 saturated heterocycles. The predicted molar refractivity (Wildman–Crippen MR) is 77.7 cm³/mol. The van der Waals surface area contributed by atoms with E-state index in [1.807, 2.05) is 0 Å². The van der Waals surface area contributed by atoms with Gasteiger partial charge in [0.25, 0.3) is 5.91 Å². The summed E-state index contributed by atoms with van der Waals surface area (Å²) in [6.45, 7) is 0.459. The van der Waals surface area contributed by atoms with E-state index in [4.69, 9.17) is 9.84 Å². The molecule has 124 valence electrons. The van der Waals surface area contributed by atoms with Crippen LogP contribution in [-0.4, -0.2) is 72.6 Å². The van der Waals surface area contributed by atoms with Crippen LogP contribution in [0.1, 0.15) is 20.7 Å². The lowest BCUT2D eigenvalue weighted by Crippen LogP contribution is -2.55. The van der Waals surface area contributed by atoms with Gasteiger partial charge in [0.15, 0.2) is 0 Å². The number of amides is 2. The summed E-state index contributed by atoms with van der Waals surface area (Å²) < 4.78 is 19.2. The maximum absolute atomic E-state index is 13.8. The Bertz CT molecular complexity index is 641. The van der Waals surface area contributed by atoms with Crippen molar-refractivity contribution in [2.75, 3.05) is 33.8 Å². The van der Waals surface area contributed by atoms with Crippen molar-refractivity contribution in [2.24, 2.45) is 0 Å². The lowest BCUT2D eigenvalue weighted by molar-refractivity contribution is -0.138. The van der Waals surface area contributed by atoms with Crippen molar-refractivity contribution in [3.05, 3.63) is 35.1 Å². The highest BCUT2D eigenvalue weighted by Gasteiger charge is 2.33. The Hall–Kier alpha value is -2.48. The molecule has 1 aromatic carbocycles. The first-order chi connectivity index (χ1) is 10.8. The van der Waals surface area contributed by atoms with E-state index in [0.717, 1.165) is 12.1 Å². The lowest BCUT2D eigenvalue weighted by atomic mass is 10.1. The van der Waals surface area contributed by atoms with Crippen LogP contribution in [0.15, 0.2) is 18.2 Å². The normalized spacial score (nSPS) is 14.3. The molecule has 1 fully saturated rings. The van der Waals surface area contributed by atoms with E-state index >= 15 is 0 Å². The Morgan fingerprint density at radius 1 is 1.35 bits per heavy atom. The fourth-order valence-electron chi connectivity index (χ4n) is 2.02. The van der Waals surface area contributed by atoms with Gasteiger partial charge < -0.3 is 19.6 Å². The number of hydrogen-bond acceptors (Lipinski definition) is 4. The molecular formula is C15H17FN2O5. The molecule has 0 spiro atoms. The lowest BCUT2D eigenvalue weighted by Gasteiger charge is -2.38. The highest BCUT2D eigenvalue weighted by molar-refractivity contribution is 5.96. The summed E-state index contributed by atoms with van der Waals surface area (Å²) >= 11 is 0. The van der Waals surface area contributed by atoms with Gasteiger partial charge in [-0.25, -0.2) is 9.18 Å². The minimum absolute atomic E-state index is 0.0681. The minimum atomic E-state index is -1.26. The standard InChI is InChI=1S/C15H17FN2O5/c1-17(2)13(19)8-23-10-6-18(7-10)14(20)11-4-3-9(15(21)22)5-12(11)16/h3-5,10H,6-8H2,1-2H3,(H,21,22). The second-order valence-electron chi connectivity index (χ2n) is 5.43. The number of benzene rings is 1. The number of nitrogens with zero attached hydrogens (tertiary/aromatic N) is 2. The zero-order chi connectivity index (χ0) is 17.1. The van der Waals surface area contributed by atoms with Crippen molar-refractivity contribution in [1.82, 2.24) is 9.80 Å². The molecule has 0 unspecified atom stereocenters. The Labute approximate surface area is 132 Å². The largest absolute Gasteiger partial charge is 0.478 e. The Kier molecular flexibility index (Phi) is 4.95. The molecule has 0 saturated carbocycles. The molecule has 23 heavy (non-hydrogen) atoms. The van der Waals surface area contributed by atoms with Gasteiger partial charge in [0.1, 0.15) is 12.4 Å². The summed E-state index contributed by atoms with van der Waals surface area (Å²) in [7, 11) is 3.23. The molecule has 0 bridgehead atoms. The summed E-state index contributed by atoms with van der Waals surface area (Å²) in [5.74, 6) is -2.84.